The Kier molecular flexibility index (Phi) is 7.61. The molecule has 2 aromatic carbocycles. The average molecular weight is 343 g/mol. The molecule has 136 valence electrons. The van der Waals surface area contributed by atoms with Crippen LogP contribution >= 0.6 is 0 Å². The zero-order valence-corrected chi connectivity index (χ0v) is 15.5. The molecule has 2 aromatic rings. The van der Waals surface area contributed by atoms with Crippen molar-refractivity contribution in [1.82, 2.24) is 0 Å². The molecule has 0 aromatic heterocycles. The predicted octanol–water partition coefficient (Wildman–Crippen LogP) is 4.17. The Morgan fingerprint density at radius 2 is 1.72 bits per heavy atom. The first-order valence-corrected chi connectivity index (χ1v) is 8.86. The zero-order chi connectivity index (χ0) is 18.1. The van der Waals surface area contributed by atoms with Gasteiger partial charge in [-0.1, -0.05) is 37.6 Å². The standard InChI is InChI=1S/C21H29NO3/c1-4-5-12-25-20-11-10-16(14-21(20)24-3)13-17(15-22)18-8-6-7-9-19(18)23-2/h6-11,14,17H,4-5,12-13,15,22H2,1-3H3. The molecule has 4 nitrogen and oxygen atoms in total. The van der Waals surface area contributed by atoms with Gasteiger partial charge in [0.25, 0.3) is 0 Å². The van der Waals surface area contributed by atoms with Gasteiger partial charge >= 0.3 is 0 Å². The van der Waals surface area contributed by atoms with Crippen molar-refractivity contribution in [3.05, 3.63) is 53.6 Å². The Morgan fingerprint density at radius 3 is 2.40 bits per heavy atom. The molecule has 0 amide bonds. The maximum Gasteiger partial charge on any atom is 0.161 e. The molecule has 0 bridgehead atoms. The Bertz CT molecular complexity index is 657. The molecular weight excluding hydrogens is 314 g/mol. The first-order chi connectivity index (χ1) is 12.2. The Morgan fingerprint density at radius 1 is 0.960 bits per heavy atom. The van der Waals surface area contributed by atoms with Crippen molar-refractivity contribution in [2.24, 2.45) is 5.73 Å². The van der Waals surface area contributed by atoms with Crippen LogP contribution in [0, 0.1) is 0 Å². The Balaban J connectivity index is 2.17. The molecule has 2 N–H and O–H groups in total. The van der Waals surface area contributed by atoms with Crippen LogP contribution in [0.25, 0.3) is 0 Å². The maximum atomic E-state index is 6.05. The van der Waals surface area contributed by atoms with E-state index in [2.05, 4.69) is 19.1 Å². The van der Waals surface area contributed by atoms with E-state index in [0.29, 0.717) is 13.2 Å². The zero-order valence-electron chi connectivity index (χ0n) is 15.5. The number of ether oxygens (including phenoxy) is 3. The summed E-state index contributed by atoms with van der Waals surface area (Å²) in [4.78, 5) is 0. The summed E-state index contributed by atoms with van der Waals surface area (Å²) >= 11 is 0. The minimum Gasteiger partial charge on any atom is -0.496 e. The van der Waals surface area contributed by atoms with Gasteiger partial charge < -0.3 is 19.9 Å². The van der Waals surface area contributed by atoms with E-state index in [1.54, 1.807) is 14.2 Å². The molecule has 0 saturated carbocycles. The van der Waals surface area contributed by atoms with Gasteiger partial charge in [0.15, 0.2) is 11.5 Å². The summed E-state index contributed by atoms with van der Waals surface area (Å²) in [7, 11) is 3.37. The van der Waals surface area contributed by atoms with Crippen LogP contribution in [0.3, 0.4) is 0 Å². The third-order valence-corrected chi connectivity index (χ3v) is 4.33. The van der Waals surface area contributed by atoms with E-state index in [0.717, 1.165) is 42.1 Å². The molecule has 1 atom stereocenters. The van der Waals surface area contributed by atoms with Gasteiger partial charge in [-0.25, -0.2) is 0 Å². The molecule has 0 aliphatic carbocycles. The normalized spacial score (nSPS) is 11.8. The van der Waals surface area contributed by atoms with Gasteiger partial charge in [0.2, 0.25) is 0 Å². The van der Waals surface area contributed by atoms with E-state index >= 15 is 0 Å². The molecule has 0 aliphatic heterocycles. The van der Waals surface area contributed by atoms with Crippen LogP contribution in [0.4, 0.5) is 0 Å². The van der Waals surface area contributed by atoms with Crippen LogP contribution in [-0.4, -0.2) is 27.4 Å². The number of nitrogens with two attached hydrogens (primary N) is 1. The fraction of sp³-hybridized carbons (Fsp3) is 0.429. The van der Waals surface area contributed by atoms with Crippen molar-refractivity contribution in [1.29, 1.82) is 0 Å². The minimum absolute atomic E-state index is 0.188. The highest BCUT2D eigenvalue weighted by Gasteiger charge is 2.16. The quantitative estimate of drug-likeness (QED) is 0.658. The SMILES string of the molecule is CCCCOc1ccc(CC(CN)c2ccccc2OC)cc1OC. The highest BCUT2D eigenvalue weighted by molar-refractivity contribution is 5.44. The van der Waals surface area contributed by atoms with Crippen molar-refractivity contribution in [3.63, 3.8) is 0 Å². The lowest BCUT2D eigenvalue weighted by Crippen LogP contribution is -2.16. The number of hydrogen-bond donors (Lipinski definition) is 1. The van der Waals surface area contributed by atoms with Crippen molar-refractivity contribution < 1.29 is 14.2 Å². The molecule has 0 heterocycles. The molecular formula is C21H29NO3. The molecule has 1 unspecified atom stereocenters. The molecule has 4 heteroatoms. The molecule has 0 radical (unpaired) electrons. The summed E-state index contributed by atoms with van der Waals surface area (Å²) in [6, 6.07) is 14.2. The van der Waals surface area contributed by atoms with Crippen LogP contribution in [0.5, 0.6) is 17.2 Å². The lowest BCUT2D eigenvalue weighted by molar-refractivity contribution is 0.288. The smallest absolute Gasteiger partial charge is 0.161 e. The van der Waals surface area contributed by atoms with Gasteiger partial charge in [0.05, 0.1) is 20.8 Å². The molecule has 0 aliphatic rings. The number of unbranched alkanes of at least 4 members (excludes halogenated alkanes) is 1. The Hall–Kier alpha value is -2.20. The molecule has 0 spiro atoms. The topological polar surface area (TPSA) is 53.7 Å². The summed E-state index contributed by atoms with van der Waals surface area (Å²) in [6.07, 6.45) is 2.97. The van der Waals surface area contributed by atoms with Crippen molar-refractivity contribution >= 4 is 0 Å². The second kappa shape index (κ2) is 9.94. The van der Waals surface area contributed by atoms with Gasteiger partial charge in [-0.2, -0.15) is 0 Å². The van der Waals surface area contributed by atoms with Crippen molar-refractivity contribution in [2.45, 2.75) is 32.1 Å². The number of hydrogen-bond acceptors (Lipinski definition) is 4. The third-order valence-electron chi connectivity index (χ3n) is 4.33. The van der Waals surface area contributed by atoms with E-state index in [1.807, 2.05) is 30.3 Å². The highest BCUT2D eigenvalue weighted by atomic mass is 16.5. The van der Waals surface area contributed by atoms with Gasteiger partial charge in [-0.05, 0) is 48.7 Å². The van der Waals surface area contributed by atoms with Crippen molar-refractivity contribution in [3.8, 4) is 17.2 Å². The number of rotatable bonds is 10. The summed E-state index contributed by atoms with van der Waals surface area (Å²) in [6.45, 7) is 3.41. The predicted molar refractivity (Wildman–Crippen MR) is 102 cm³/mol. The molecule has 0 saturated heterocycles. The van der Waals surface area contributed by atoms with Crippen LogP contribution in [0.1, 0.15) is 36.8 Å². The monoisotopic (exact) mass is 343 g/mol. The first kappa shape index (κ1) is 19.1. The lowest BCUT2D eigenvalue weighted by atomic mass is 9.91. The number of benzene rings is 2. The van der Waals surface area contributed by atoms with E-state index in [-0.39, 0.29) is 5.92 Å². The maximum absolute atomic E-state index is 6.05. The van der Waals surface area contributed by atoms with E-state index in [9.17, 15) is 0 Å². The van der Waals surface area contributed by atoms with Crippen LogP contribution in [0.15, 0.2) is 42.5 Å². The van der Waals surface area contributed by atoms with Gasteiger partial charge in [-0.3, -0.25) is 0 Å². The number of para-hydroxylation sites is 1. The van der Waals surface area contributed by atoms with E-state index < -0.39 is 0 Å². The van der Waals surface area contributed by atoms with Gasteiger partial charge in [-0.15, -0.1) is 0 Å². The Labute approximate surface area is 150 Å². The summed E-state index contributed by atoms with van der Waals surface area (Å²) in [5.74, 6) is 2.63. The van der Waals surface area contributed by atoms with Crippen LogP contribution in [-0.2, 0) is 6.42 Å². The van der Waals surface area contributed by atoms with Gasteiger partial charge in [0.1, 0.15) is 5.75 Å². The van der Waals surface area contributed by atoms with Crippen molar-refractivity contribution in [2.75, 3.05) is 27.4 Å². The third kappa shape index (κ3) is 5.13. The van der Waals surface area contributed by atoms with E-state index in [1.165, 1.54) is 5.56 Å². The summed E-state index contributed by atoms with van der Waals surface area (Å²) in [5.41, 5.74) is 8.35. The first-order valence-electron chi connectivity index (χ1n) is 8.86. The lowest BCUT2D eigenvalue weighted by Gasteiger charge is -2.19. The fourth-order valence-electron chi connectivity index (χ4n) is 2.89. The summed E-state index contributed by atoms with van der Waals surface area (Å²) < 4.78 is 16.8. The molecule has 2 rings (SSSR count). The largest absolute Gasteiger partial charge is 0.496 e. The minimum atomic E-state index is 0.188. The molecule has 0 fully saturated rings. The van der Waals surface area contributed by atoms with Crippen LogP contribution in [0.2, 0.25) is 0 Å². The fourth-order valence-corrected chi connectivity index (χ4v) is 2.89. The second-order valence-corrected chi connectivity index (χ2v) is 6.07. The van der Waals surface area contributed by atoms with Gasteiger partial charge in [0, 0.05) is 5.92 Å². The highest BCUT2D eigenvalue weighted by Crippen LogP contribution is 2.32. The molecule has 25 heavy (non-hydrogen) atoms. The summed E-state index contributed by atoms with van der Waals surface area (Å²) in [5, 5.41) is 0. The number of methoxy groups -OCH3 is 2. The second-order valence-electron chi connectivity index (χ2n) is 6.07. The van der Waals surface area contributed by atoms with Crippen LogP contribution < -0.4 is 19.9 Å². The average Bonchev–Trinajstić information content (AvgIpc) is 2.67. The van der Waals surface area contributed by atoms with E-state index in [4.69, 9.17) is 19.9 Å².